The average molecular weight is 441 g/mol. The molecule has 2 N–H and O–H groups in total. The number of likely N-dealkylation sites (N-methyl/N-ethyl adjacent to an activating group) is 1. The molecule has 0 heterocycles. The van der Waals surface area contributed by atoms with Crippen LogP contribution >= 0.6 is 15.9 Å². The first kappa shape index (κ1) is 20.3. The number of amides is 1. The van der Waals surface area contributed by atoms with Crippen LogP contribution in [0.15, 0.2) is 57.9 Å². The van der Waals surface area contributed by atoms with Gasteiger partial charge in [-0.25, -0.2) is 17.9 Å². The van der Waals surface area contributed by atoms with Crippen LogP contribution in [0.1, 0.15) is 24.1 Å². The molecule has 8 heteroatoms. The molecule has 0 saturated carbocycles. The highest BCUT2D eigenvalue weighted by Gasteiger charge is 2.16. The van der Waals surface area contributed by atoms with E-state index < -0.39 is 15.8 Å². The van der Waals surface area contributed by atoms with E-state index in [0.717, 1.165) is 5.56 Å². The zero-order valence-corrected chi connectivity index (χ0v) is 16.6. The summed E-state index contributed by atoms with van der Waals surface area (Å²) >= 11 is 3.26. The van der Waals surface area contributed by atoms with Crippen LogP contribution in [-0.2, 0) is 14.8 Å². The molecule has 0 bridgehead atoms. The van der Waals surface area contributed by atoms with Gasteiger partial charge in [0.2, 0.25) is 15.9 Å². The Kier molecular flexibility index (Phi) is 6.33. The van der Waals surface area contributed by atoms with Gasteiger partial charge >= 0.3 is 0 Å². The van der Waals surface area contributed by atoms with Gasteiger partial charge in [-0.2, -0.15) is 0 Å². The fourth-order valence-electron chi connectivity index (χ4n) is 2.27. The fraction of sp³-hybridized carbons (Fsp3) is 0.167. The van der Waals surface area contributed by atoms with Gasteiger partial charge in [0.15, 0.2) is 0 Å². The van der Waals surface area contributed by atoms with Crippen molar-refractivity contribution in [2.75, 3.05) is 7.05 Å². The summed E-state index contributed by atoms with van der Waals surface area (Å²) in [7, 11) is -2.15. The van der Waals surface area contributed by atoms with Crippen molar-refractivity contribution >= 4 is 37.9 Å². The highest BCUT2D eigenvalue weighted by Crippen LogP contribution is 2.21. The summed E-state index contributed by atoms with van der Waals surface area (Å²) in [5.74, 6) is -0.737. The van der Waals surface area contributed by atoms with Crippen molar-refractivity contribution in [1.29, 1.82) is 0 Å². The van der Waals surface area contributed by atoms with Crippen molar-refractivity contribution < 1.29 is 17.6 Å². The molecule has 1 atom stereocenters. The van der Waals surface area contributed by atoms with Gasteiger partial charge in [0.1, 0.15) is 5.82 Å². The molecule has 1 amide bonds. The van der Waals surface area contributed by atoms with Crippen LogP contribution in [0, 0.1) is 5.82 Å². The minimum atomic E-state index is -3.76. The van der Waals surface area contributed by atoms with Gasteiger partial charge in [-0.15, -0.1) is 0 Å². The number of primary sulfonamides is 1. The normalized spacial score (nSPS) is 13.0. The topological polar surface area (TPSA) is 80.5 Å². The molecule has 5 nitrogen and oxygen atoms in total. The predicted octanol–water partition coefficient (Wildman–Crippen LogP) is 3.47. The summed E-state index contributed by atoms with van der Waals surface area (Å²) in [5.41, 5.74) is 1.04. The lowest BCUT2D eigenvalue weighted by atomic mass is 10.1. The van der Waals surface area contributed by atoms with E-state index in [0.29, 0.717) is 10.0 Å². The first-order chi connectivity index (χ1) is 12.1. The molecule has 0 saturated heterocycles. The van der Waals surface area contributed by atoms with E-state index in [9.17, 15) is 17.6 Å². The number of rotatable bonds is 5. The molecule has 2 rings (SSSR count). The molecule has 0 aliphatic heterocycles. The van der Waals surface area contributed by atoms with Crippen molar-refractivity contribution in [2.45, 2.75) is 17.9 Å². The highest BCUT2D eigenvalue weighted by molar-refractivity contribution is 9.10. The van der Waals surface area contributed by atoms with Crippen LogP contribution in [0.5, 0.6) is 0 Å². The summed E-state index contributed by atoms with van der Waals surface area (Å²) in [6.07, 6.45) is 2.70. The van der Waals surface area contributed by atoms with Crippen LogP contribution < -0.4 is 5.14 Å². The lowest BCUT2D eigenvalue weighted by molar-refractivity contribution is -0.126. The fourth-order valence-corrected chi connectivity index (χ4v) is 3.17. The molecule has 0 fully saturated rings. The first-order valence-corrected chi connectivity index (χ1v) is 9.96. The van der Waals surface area contributed by atoms with Crippen molar-refractivity contribution in [2.24, 2.45) is 5.14 Å². The van der Waals surface area contributed by atoms with Gasteiger partial charge in [-0.3, -0.25) is 4.79 Å². The minimum absolute atomic E-state index is 0.00690. The zero-order valence-electron chi connectivity index (χ0n) is 14.2. The average Bonchev–Trinajstić information content (AvgIpc) is 2.60. The van der Waals surface area contributed by atoms with Gasteiger partial charge in [0.25, 0.3) is 0 Å². The Morgan fingerprint density at radius 1 is 1.23 bits per heavy atom. The second-order valence-electron chi connectivity index (χ2n) is 5.74. The van der Waals surface area contributed by atoms with Crippen LogP contribution in [-0.4, -0.2) is 26.3 Å². The number of benzene rings is 2. The standard InChI is InChI=1S/C18H18BrFN2O3S/c1-12(13-3-7-16(8-4-13)26(21,24)25)22(2)18(23)10-5-14-11-15(19)6-9-17(14)20/h3-12H,1-2H3,(H2,21,24,25)/b10-5+. The van der Waals surface area contributed by atoms with E-state index in [1.165, 1.54) is 35.3 Å². The molecule has 2 aromatic carbocycles. The first-order valence-electron chi connectivity index (χ1n) is 7.62. The number of sulfonamides is 1. The third-order valence-electron chi connectivity index (χ3n) is 3.98. The lowest BCUT2D eigenvalue weighted by Crippen LogP contribution is -2.28. The lowest BCUT2D eigenvalue weighted by Gasteiger charge is -2.24. The van der Waals surface area contributed by atoms with Crippen molar-refractivity contribution in [3.05, 3.63) is 70.0 Å². The third-order valence-corrected chi connectivity index (χ3v) is 5.41. The van der Waals surface area contributed by atoms with Crippen molar-refractivity contribution in [3.63, 3.8) is 0 Å². The number of halogens is 2. The van der Waals surface area contributed by atoms with Gasteiger partial charge < -0.3 is 4.90 Å². The van der Waals surface area contributed by atoms with E-state index in [1.807, 2.05) is 0 Å². The second-order valence-corrected chi connectivity index (χ2v) is 8.22. The van der Waals surface area contributed by atoms with E-state index in [1.54, 1.807) is 38.2 Å². The van der Waals surface area contributed by atoms with Crippen LogP contribution in [0.3, 0.4) is 0 Å². The Morgan fingerprint density at radius 2 is 1.85 bits per heavy atom. The van der Waals surface area contributed by atoms with Gasteiger partial charge in [0, 0.05) is 23.2 Å². The van der Waals surface area contributed by atoms with Crippen LogP contribution in [0.25, 0.3) is 6.08 Å². The maximum absolute atomic E-state index is 13.7. The summed E-state index contributed by atoms with van der Waals surface area (Å²) in [6, 6.07) is 10.2. The van der Waals surface area contributed by atoms with Crippen LogP contribution in [0.2, 0.25) is 0 Å². The largest absolute Gasteiger partial charge is 0.335 e. The second kappa shape index (κ2) is 8.11. The molecule has 2 aromatic rings. The summed E-state index contributed by atoms with van der Waals surface area (Å²) in [6.45, 7) is 1.80. The van der Waals surface area contributed by atoms with Gasteiger partial charge in [-0.05, 0) is 48.9 Å². The van der Waals surface area contributed by atoms with E-state index in [2.05, 4.69) is 15.9 Å². The minimum Gasteiger partial charge on any atom is -0.335 e. The molecular formula is C18H18BrFN2O3S. The number of hydrogen-bond donors (Lipinski definition) is 1. The monoisotopic (exact) mass is 440 g/mol. The Balaban J connectivity index is 2.14. The molecule has 26 heavy (non-hydrogen) atoms. The summed E-state index contributed by atoms with van der Waals surface area (Å²) < 4.78 is 37.0. The van der Waals surface area contributed by atoms with Gasteiger partial charge in [-0.1, -0.05) is 28.1 Å². The maximum Gasteiger partial charge on any atom is 0.246 e. The predicted molar refractivity (Wildman–Crippen MR) is 102 cm³/mol. The maximum atomic E-state index is 13.7. The number of carbonyl (C=O) groups excluding carboxylic acids is 1. The Hall–Kier alpha value is -2.03. The molecule has 0 aromatic heterocycles. The van der Waals surface area contributed by atoms with Crippen molar-refractivity contribution in [3.8, 4) is 0 Å². The smallest absolute Gasteiger partial charge is 0.246 e. The Labute approximate surface area is 160 Å². The zero-order chi connectivity index (χ0) is 19.5. The van der Waals surface area contributed by atoms with Gasteiger partial charge in [0.05, 0.1) is 10.9 Å². The van der Waals surface area contributed by atoms with E-state index in [4.69, 9.17) is 5.14 Å². The van der Waals surface area contributed by atoms with E-state index >= 15 is 0 Å². The number of nitrogens with zero attached hydrogens (tertiary/aromatic N) is 1. The molecule has 0 spiro atoms. The molecule has 0 radical (unpaired) electrons. The number of nitrogens with two attached hydrogens (primary N) is 1. The van der Waals surface area contributed by atoms with E-state index in [-0.39, 0.29) is 16.8 Å². The molecule has 0 aliphatic carbocycles. The molecule has 1 unspecified atom stereocenters. The molecular weight excluding hydrogens is 423 g/mol. The SMILES string of the molecule is CC(c1ccc(S(N)(=O)=O)cc1)N(C)C(=O)/C=C/c1cc(Br)ccc1F. The molecule has 138 valence electrons. The number of carbonyl (C=O) groups is 1. The van der Waals surface area contributed by atoms with Crippen molar-refractivity contribution in [1.82, 2.24) is 4.90 Å². The highest BCUT2D eigenvalue weighted by atomic mass is 79.9. The Bertz CT molecular complexity index is 943. The number of hydrogen-bond acceptors (Lipinski definition) is 3. The third kappa shape index (κ3) is 5.00. The summed E-state index contributed by atoms with van der Waals surface area (Å²) in [4.78, 5) is 13.8. The Morgan fingerprint density at radius 3 is 2.42 bits per heavy atom. The molecule has 0 aliphatic rings. The quantitative estimate of drug-likeness (QED) is 0.722. The van der Waals surface area contributed by atoms with Crippen LogP contribution in [0.4, 0.5) is 4.39 Å². The summed E-state index contributed by atoms with van der Waals surface area (Å²) in [5, 5.41) is 5.07.